The molecule has 1 aliphatic rings. The molecule has 0 saturated heterocycles. The molecule has 1 aliphatic carbocycles. The molecule has 0 aliphatic heterocycles. The molecule has 0 fully saturated rings. The van der Waals surface area contributed by atoms with Gasteiger partial charge in [-0.05, 0) is 65.1 Å². The van der Waals surface area contributed by atoms with Crippen LogP contribution in [0.3, 0.4) is 0 Å². The first kappa shape index (κ1) is 27.1. The third-order valence-corrected chi connectivity index (χ3v) is 6.67. The van der Waals surface area contributed by atoms with Gasteiger partial charge in [-0.25, -0.2) is 4.79 Å². The van der Waals surface area contributed by atoms with Crippen molar-refractivity contribution in [3.05, 3.63) is 77.4 Å². The molecule has 0 radical (unpaired) electrons. The summed E-state index contributed by atoms with van der Waals surface area (Å²) in [5, 5.41) is 16.8. The zero-order chi connectivity index (χ0) is 26.5. The van der Waals surface area contributed by atoms with E-state index in [-0.39, 0.29) is 23.1 Å². The van der Waals surface area contributed by atoms with E-state index < -0.39 is 18.2 Å². The Morgan fingerprint density at radius 1 is 1.06 bits per heavy atom. The van der Waals surface area contributed by atoms with Gasteiger partial charge in [0.2, 0.25) is 6.29 Å². The number of amides is 1. The van der Waals surface area contributed by atoms with Crippen LogP contribution in [0.4, 0.5) is 5.69 Å². The Morgan fingerprint density at radius 2 is 1.67 bits per heavy atom. The Kier molecular flexibility index (Phi) is 8.35. The number of nitrogens with zero attached hydrogens (tertiary/aromatic N) is 1. The maximum absolute atomic E-state index is 13.3. The summed E-state index contributed by atoms with van der Waals surface area (Å²) < 4.78 is 5.03. The third kappa shape index (κ3) is 6.21. The fourth-order valence-electron chi connectivity index (χ4n) is 4.25. The second-order valence-corrected chi connectivity index (χ2v) is 10.4. The van der Waals surface area contributed by atoms with Gasteiger partial charge in [0.15, 0.2) is 5.71 Å². The summed E-state index contributed by atoms with van der Waals surface area (Å²) in [5.41, 5.74) is 3.91. The SMILES string of the molecule is C=CCOC(=O)c1ccc(NC(=O)/C(=N/OC(O)CC)c2ccc3c(c2)C(C)(C)CCC3(C)C)cc1. The van der Waals surface area contributed by atoms with Crippen molar-refractivity contribution in [3.63, 3.8) is 0 Å². The van der Waals surface area contributed by atoms with E-state index in [1.54, 1.807) is 31.2 Å². The van der Waals surface area contributed by atoms with E-state index in [1.807, 2.05) is 12.1 Å². The number of benzene rings is 2. The average molecular weight is 493 g/mol. The van der Waals surface area contributed by atoms with Crippen LogP contribution in [0, 0.1) is 0 Å². The molecule has 2 N–H and O–H groups in total. The predicted molar refractivity (Wildman–Crippen MR) is 141 cm³/mol. The molecule has 0 bridgehead atoms. The molecule has 7 heteroatoms. The van der Waals surface area contributed by atoms with Crippen LogP contribution >= 0.6 is 0 Å². The molecule has 3 rings (SSSR count). The van der Waals surface area contributed by atoms with Crippen LogP contribution in [-0.2, 0) is 25.2 Å². The van der Waals surface area contributed by atoms with Crippen LogP contribution in [0.15, 0.2) is 60.3 Å². The van der Waals surface area contributed by atoms with E-state index in [9.17, 15) is 14.7 Å². The van der Waals surface area contributed by atoms with Crippen molar-refractivity contribution in [1.82, 2.24) is 0 Å². The smallest absolute Gasteiger partial charge is 0.338 e. The Morgan fingerprint density at radius 3 is 2.28 bits per heavy atom. The highest BCUT2D eigenvalue weighted by Gasteiger charge is 2.37. The molecule has 2 aromatic rings. The second kappa shape index (κ2) is 11.1. The fourth-order valence-corrected chi connectivity index (χ4v) is 4.25. The summed E-state index contributed by atoms with van der Waals surface area (Å²) >= 11 is 0. The molecule has 0 spiro atoms. The largest absolute Gasteiger partial charge is 0.458 e. The first-order valence-corrected chi connectivity index (χ1v) is 12.2. The van der Waals surface area contributed by atoms with Gasteiger partial charge < -0.3 is 20.0 Å². The van der Waals surface area contributed by atoms with Crippen molar-refractivity contribution in [1.29, 1.82) is 0 Å². The molecule has 0 heterocycles. The van der Waals surface area contributed by atoms with Crippen LogP contribution in [0.1, 0.15) is 80.9 Å². The number of carbonyl (C=O) groups excluding carboxylic acids is 2. The molecule has 1 unspecified atom stereocenters. The summed E-state index contributed by atoms with van der Waals surface area (Å²) in [6, 6.07) is 12.3. The molecular weight excluding hydrogens is 456 g/mol. The Bertz CT molecular complexity index is 1150. The van der Waals surface area contributed by atoms with Crippen molar-refractivity contribution in [2.75, 3.05) is 11.9 Å². The normalized spacial score (nSPS) is 16.9. The lowest BCUT2D eigenvalue weighted by molar-refractivity contribution is -0.112. The highest BCUT2D eigenvalue weighted by Crippen LogP contribution is 2.46. The summed E-state index contributed by atoms with van der Waals surface area (Å²) in [7, 11) is 0. The molecule has 0 saturated carbocycles. The van der Waals surface area contributed by atoms with Crippen LogP contribution in [0.5, 0.6) is 0 Å². The monoisotopic (exact) mass is 492 g/mol. The van der Waals surface area contributed by atoms with Crippen LogP contribution in [-0.4, -0.2) is 35.6 Å². The molecule has 36 heavy (non-hydrogen) atoms. The van der Waals surface area contributed by atoms with E-state index in [0.29, 0.717) is 23.2 Å². The molecule has 1 atom stereocenters. The van der Waals surface area contributed by atoms with E-state index in [0.717, 1.165) is 12.8 Å². The molecule has 0 aromatic heterocycles. The fraction of sp³-hybridized carbons (Fsp3) is 0.414. The molecule has 192 valence electrons. The number of esters is 1. The number of fused-ring (bicyclic) bond motifs is 1. The number of carbonyl (C=O) groups is 2. The van der Waals surface area contributed by atoms with Crippen molar-refractivity contribution in [2.45, 2.75) is 71.0 Å². The predicted octanol–water partition coefficient (Wildman–Crippen LogP) is 5.47. The third-order valence-electron chi connectivity index (χ3n) is 6.67. The minimum absolute atomic E-state index is 0.0341. The van der Waals surface area contributed by atoms with Gasteiger partial charge in [-0.3, -0.25) is 4.79 Å². The lowest BCUT2D eigenvalue weighted by atomic mass is 9.63. The lowest BCUT2D eigenvalue weighted by Crippen LogP contribution is -2.34. The summed E-state index contributed by atoms with van der Waals surface area (Å²) in [5.74, 6) is -0.968. The van der Waals surface area contributed by atoms with Gasteiger partial charge in [-0.1, -0.05) is 64.6 Å². The van der Waals surface area contributed by atoms with Crippen molar-refractivity contribution >= 4 is 23.3 Å². The maximum atomic E-state index is 13.3. The van der Waals surface area contributed by atoms with Crippen LogP contribution in [0.25, 0.3) is 0 Å². The molecule has 7 nitrogen and oxygen atoms in total. The van der Waals surface area contributed by atoms with Crippen molar-refractivity contribution < 1.29 is 24.3 Å². The number of nitrogens with one attached hydrogen (secondary N) is 1. The average Bonchev–Trinajstić information content (AvgIpc) is 2.85. The summed E-state index contributed by atoms with van der Waals surface area (Å²) in [6.45, 7) is 14.3. The Labute approximate surface area is 213 Å². The van der Waals surface area contributed by atoms with Crippen LogP contribution < -0.4 is 5.32 Å². The van der Waals surface area contributed by atoms with E-state index >= 15 is 0 Å². The molecule has 1 amide bonds. The van der Waals surface area contributed by atoms with E-state index in [4.69, 9.17) is 9.57 Å². The lowest BCUT2D eigenvalue weighted by Gasteiger charge is -2.42. The number of anilines is 1. The minimum atomic E-state index is -1.12. The zero-order valence-electron chi connectivity index (χ0n) is 21.8. The van der Waals surface area contributed by atoms with Crippen LogP contribution in [0.2, 0.25) is 0 Å². The minimum Gasteiger partial charge on any atom is -0.458 e. The number of ether oxygens (including phenoxy) is 1. The molecule has 2 aromatic carbocycles. The molecular formula is C29H36N2O5. The number of aliphatic hydroxyl groups is 1. The second-order valence-electron chi connectivity index (χ2n) is 10.4. The van der Waals surface area contributed by atoms with Gasteiger partial charge in [0.1, 0.15) is 6.61 Å². The van der Waals surface area contributed by atoms with Gasteiger partial charge >= 0.3 is 5.97 Å². The number of rotatable bonds is 9. The Balaban J connectivity index is 1.92. The van der Waals surface area contributed by atoms with Gasteiger partial charge in [0.25, 0.3) is 5.91 Å². The number of hydrogen-bond acceptors (Lipinski definition) is 6. The summed E-state index contributed by atoms with van der Waals surface area (Å²) in [4.78, 5) is 30.5. The summed E-state index contributed by atoms with van der Waals surface area (Å²) in [6.07, 6.45) is 2.81. The van der Waals surface area contributed by atoms with Gasteiger partial charge in [0, 0.05) is 17.7 Å². The highest BCUT2D eigenvalue weighted by molar-refractivity contribution is 6.48. The zero-order valence-corrected chi connectivity index (χ0v) is 21.8. The first-order chi connectivity index (χ1) is 17.0. The number of hydrogen-bond donors (Lipinski definition) is 2. The van der Waals surface area contributed by atoms with Crippen molar-refractivity contribution in [3.8, 4) is 0 Å². The van der Waals surface area contributed by atoms with Gasteiger partial charge in [0.05, 0.1) is 5.56 Å². The van der Waals surface area contributed by atoms with Gasteiger partial charge in [-0.2, -0.15) is 0 Å². The quantitative estimate of drug-likeness (QED) is 0.159. The highest BCUT2D eigenvalue weighted by atomic mass is 16.7. The number of aliphatic hydroxyl groups excluding tert-OH is 1. The Hall–Kier alpha value is -3.45. The van der Waals surface area contributed by atoms with E-state index in [1.165, 1.54) is 17.2 Å². The standard InChI is InChI=1S/C29H36N2O5/c1-7-17-35-27(34)19-9-12-21(13-10-19)30-26(33)25(31-36-24(32)8-2)20-11-14-22-23(18-20)29(5,6)16-15-28(22,3)4/h7,9-14,18,24,32H,1,8,15-17H2,2-6H3,(H,30,33)/b31-25+. The topological polar surface area (TPSA) is 97.2 Å². The van der Waals surface area contributed by atoms with E-state index in [2.05, 4.69) is 50.8 Å². The van der Waals surface area contributed by atoms with Gasteiger partial charge in [-0.15, -0.1) is 0 Å². The first-order valence-electron chi connectivity index (χ1n) is 12.2. The maximum Gasteiger partial charge on any atom is 0.338 e. The van der Waals surface area contributed by atoms with Crippen molar-refractivity contribution in [2.24, 2.45) is 5.16 Å². The number of oxime groups is 1.